The number of nitrogens with one attached hydrogen (secondary N) is 1. The summed E-state index contributed by atoms with van der Waals surface area (Å²) in [5.41, 5.74) is 1.19. The second-order valence-electron chi connectivity index (χ2n) is 4.34. The molecule has 0 aliphatic carbocycles. The van der Waals surface area contributed by atoms with Crippen LogP contribution in [0.5, 0.6) is 5.75 Å². The van der Waals surface area contributed by atoms with Crippen LogP contribution in [0, 0.1) is 0 Å². The Morgan fingerprint density at radius 2 is 2.00 bits per heavy atom. The van der Waals surface area contributed by atoms with E-state index in [1.807, 2.05) is 50.5 Å². The molecule has 1 aromatic carbocycles. The van der Waals surface area contributed by atoms with Gasteiger partial charge in [0.25, 0.3) is 0 Å². The summed E-state index contributed by atoms with van der Waals surface area (Å²) in [5, 5.41) is 3.05. The number of aromatic nitrogens is 1. The monoisotopic (exact) mass is 257 g/mol. The van der Waals surface area contributed by atoms with E-state index in [1.165, 1.54) is 5.56 Å². The van der Waals surface area contributed by atoms with Crippen LogP contribution in [-0.2, 0) is 6.54 Å². The maximum absolute atomic E-state index is 5.23. The van der Waals surface area contributed by atoms with E-state index in [0.717, 1.165) is 23.9 Å². The molecule has 1 N–H and O–H groups in total. The number of hydrogen-bond donors (Lipinski definition) is 1. The molecule has 4 nitrogen and oxygen atoms in total. The van der Waals surface area contributed by atoms with Gasteiger partial charge in [0.2, 0.25) is 0 Å². The molecule has 0 atom stereocenters. The van der Waals surface area contributed by atoms with Gasteiger partial charge >= 0.3 is 0 Å². The fraction of sp³-hybridized carbons (Fsp3) is 0.267. The van der Waals surface area contributed by atoms with Crippen LogP contribution >= 0.6 is 0 Å². The summed E-state index contributed by atoms with van der Waals surface area (Å²) < 4.78 is 5.23. The molecule has 0 fully saturated rings. The Morgan fingerprint density at radius 3 is 2.74 bits per heavy atom. The molecule has 4 heteroatoms. The summed E-state index contributed by atoms with van der Waals surface area (Å²) in [6.45, 7) is 0.789. The predicted molar refractivity (Wildman–Crippen MR) is 78.9 cm³/mol. The topological polar surface area (TPSA) is 37.4 Å². The van der Waals surface area contributed by atoms with Crippen LogP contribution < -0.4 is 15.0 Å². The highest BCUT2D eigenvalue weighted by molar-refractivity contribution is 5.46. The Morgan fingerprint density at radius 1 is 1.21 bits per heavy atom. The molecule has 0 saturated carbocycles. The number of anilines is 2. The smallest absolute Gasteiger partial charge is 0.130 e. The quantitative estimate of drug-likeness (QED) is 0.893. The van der Waals surface area contributed by atoms with Crippen LogP contribution in [-0.4, -0.2) is 26.2 Å². The molecule has 0 spiro atoms. The van der Waals surface area contributed by atoms with E-state index in [1.54, 1.807) is 7.11 Å². The van der Waals surface area contributed by atoms with Crippen LogP contribution in [0.1, 0.15) is 5.56 Å². The van der Waals surface area contributed by atoms with Gasteiger partial charge in [-0.25, -0.2) is 4.98 Å². The molecular formula is C15H19N3O. The van der Waals surface area contributed by atoms with E-state index in [9.17, 15) is 0 Å². The average molecular weight is 257 g/mol. The summed E-state index contributed by atoms with van der Waals surface area (Å²) in [7, 11) is 5.58. The second-order valence-corrected chi connectivity index (χ2v) is 4.34. The van der Waals surface area contributed by atoms with Gasteiger partial charge in [-0.3, -0.25) is 0 Å². The lowest BCUT2D eigenvalue weighted by Gasteiger charge is -2.19. The molecule has 0 radical (unpaired) electrons. The molecule has 2 aromatic rings. The van der Waals surface area contributed by atoms with E-state index in [2.05, 4.69) is 21.3 Å². The average Bonchev–Trinajstić information content (AvgIpc) is 2.47. The molecule has 19 heavy (non-hydrogen) atoms. The highest BCUT2D eigenvalue weighted by Gasteiger charge is 2.05. The molecule has 0 amide bonds. The molecule has 0 bridgehead atoms. The molecule has 1 heterocycles. The molecule has 0 aliphatic heterocycles. The van der Waals surface area contributed by atoms with Crippen molar-refractivity contribution < 1.29 is 4.74 Å². The Balaban J connectivity index is 2.13. The van der Waals surface area contributed by atoms with Crippen molar-refractivity contribution in [2.24, 2.45) is 0 Å². The largest absolute Gasteiger partial charge is 0.497 e. The van der Waals surface area contributed by atoms with E-state index in [-0.39, 0.29) is 0 Å². The van der Waals surface area contributed by atoms with Crippen molar-refractivity contribution in [2.75, 3.05) is 31.4 Å². The van der Waals surface area contributed by atoms with Crippen molar-refractivity contribution in [2.45, 2.75) is 6.54 Å². The van der Waals surface area contributed by atoms with Gasteiger partial charge in [-0.2, -0.15) is 0 Å². The highest BCUT2D eigenvalue weighted by atomic mass is 16.5. The summed E-state index contributed by atoms with van der Waals surface area (Å²) in [5.74, 6) is 2.69. The van der Waals surface area contributed by atoms with Crippen molar-refractivity contribution in [3.05, 3.63) is 48.0 Å². The lowest BCUT2D eigenvalue weighted by atomic mass is 10.2. The van der Waals surface area contributed by atoms with E-state index in [0.29, 0.717) is 0 Å². The zero-order chi connectivity index (χ0) is 13.7. The van der Waals surface area contributed by atoms with Gasteiger partial charge in [-0.15, -0.1) is 0 Å². The fourth-order valence-electron chi connectivity index (χ4n) is 1.90. The van der Waals surface area contributed by atoms with Gasteiger partial charge in [0.1, 0.15) is 17.4 Å². The first-order valence-electron chi connectivity index (χ1n) is 6.22. The zero-order valence-electron chi connectivity index (χ0n) is 11.6. The maximum atomic E-state index is 5.23. The minimum atomic E-state index is 0.789. The first-order chi connectivity index (χ1) is 9.22. The molecule has 0 aliphatic rings. The van der Waals surface area contributed by atoms with Crippen LogP contribution in [0.2, 0.25) is 0 Å². The molecule has 2 rings (SSSR count). The standard InChI is InChI=1S/C15H19N3O/c1-16-14-8-5-9-15(17-14)18(2)11-12-6-4-7-13(10-12)19-3/h4-10H,11H2,1-3H3,(H,16,17). The van der Waals surface area contributed by atoms with E-state index >= 15 is 0 Å². The summed E-state index contributed by atoms with van der Waals surface area (Å²) in [4.78, 5) is 6.62. The highest BCUT2D eigenvalue weighted by Crippen LogP contribution is 2.18. The zero-order valence-corrected chi connectivity index (χ0v) is 11.6. The minimum absolute atomic E-state index is 0.789. The molecular weight excluding hydrogens is 238 g/mol. The number of hydrogen-bond acceptors (Lipinski definition) is 4. The number of ether oxygens (including phenoxy) is 1. The Bertz CT molecular complexity index is 542. The van der Waals surface area contributed by atoms with Crippen molar-refractivity contribution in [3.8, 4) is 5.75 Å². The first kappa shape index (κ1) is 13.2. The van der Waals surface area contributed by atoms with Gasteiger partial charge in [-0.1, -0.05) is 18.2 Å². The first-order valence-corrected chi connectivity index (χ1v) is 6.22. The van der Waals surface area contributed by atoms with Crippen LogP contribution in [0.4, 0.5) is 11.6 Å². The number of methoxy groups -OCH3 is 1. The minimum Gasteiger partial charge on any atom is -0.497 e. The van der Waals surface area contributed by atoms with Crippen molar-refractivity contribution >= 4 is 11.6 Å². The fourth-order valence-corrected chi connectivity index (χ4v) is 1.90. The third-order valence-electron chi connectivity index (χ3n) is 2.94. The van der Waals surface area contributed by atoms with Crippen LogP contribution in [0.25, 0.3) is 0 Å². The third-order valence-corrected chi connectivity index (χ3v) is 2.94. The number of pyridine rings is 1. The SMILES string of the molecule is CNc1cccc(N(C)Cc2cccc(OC)c2)n1. The Hall–Kier alpha value is -2.23. The second kappa shape index (κ2) is 6.09. The van der Waals surface area contributed by atoms with Crippen LogP contribution in [0.3, 0.4) is 0 Å². The van der Waals surface area contributed by atoms with Crippen molar-refractivity contribution in [3.63, 3.8) is 0 Å². The summed E-state index contributed by atoms with van der Waals surface area (Å²) >= 11 is 0. The lowest BCUT2D eigenvalue weighted by Crippen LogP contribution is -2.17. The Labute approximate surface area is 114 Å². The lowest BCUT2D eigenvalue weighted by molar-refractivity contribution is 0.414. The summed E-state index contributed by atoms with van der Waals surface area (Å²) in [6, 6.07) is 14.0. The number of nitrogens with zero attached hydrogens (tertiary/aromatic N) is 2. The van der Waals surface area contributed by atoms with E-state index < -0.39 is 0 Å². The number of benzene rings is 1. The third kappa shape index (κ3) is 3.37. The van der Waals surface area contributed by atoms with Crippen LogP contribution in [0.15, 0.2) is 42.5 Å². The normalized spacial score (nSPS) is 10.1. The molecule has 0 unspecified atom stereocenters. The van der Waals surface area contributed by atoms with Crippen molar-refractivity contribution in [1.29, 1.82) is 0 Å². The summed E-state index contributed by atoms with van der Waals surface area (Å²) in [6.07, 6.45) is 0. The molecule has 0 saturated heterocycles. The van der Waals surface area contributed by atoms with Gasteiger partial charge < -0.3 is 15.0 Å². The van der Waals surface area contributed by atoms with Gasteiger partial charge in [0, 0.05) is 20.6 Å². The molecule has 1 aromatic heterocycles. The Kier molecular flexibility index (Phi) is 4.23. The van der Waals surface area contributed by atoms with Gasteiger partial charge in [-0.05, 0) is 29.8 Å². The van der Waals surface area contributed by atoms with Gasteiger partial charge in [0.05, 0.1) is 7.11 Å². The predicted octanol–water partition coefficient (Wildman–Crippen LogP) is 2.77. The van der Waals surface area contributed by atoms with E-state index in [4.69, 9.17) is 4.74 Å². The number of rotatable bonds is 5. The van der Waals surface area contributed by atoms with Gasteiger partial charge in [0.15, 0.2) is 0 Å². The molecule has 100 valence electrons. The maximum Gasteiger partial charge on any atom is 0.130 e. The van der Waals surface area contributed by atoms with Crippen molar-refractivity contribution in [1.82, 2.24) is 4.98 Å².